The van der Waals surface area contributed by atoms with Crippen molar-refractivity contribution in [3.8, 4) is 0 Å². The molecule has 0 aliphatic heterocycles. The molecule has 2 nitrogen and oxygen atoms in total. The van der Waals surface area contributed by atoms with Gasteiger partial charge in [-0.15, -0.1) is 0 Å². The zero-order chi connectivity index (χ0) is 14.1. The van der Waals surface area contributed by atoms with Crippen LogP contribution in [0.3, 0.4) is 0 Å². The lowest BCUT2D eigenvalue weighted by molar-refractivity contribution is 0.621. The average molecular weight is 354 g/mol. The number of H-pyrrole nitrogens is 1. The fourth-order valence-electron chi connectivity index (χ4n) is 2.11. The van der Waals surface area contributed by atoms with Gasteiger partial charge in [0.2, 0.25) is 0 Å². The summed E-state index contributed by atoms with van der Waals surface area (Å²) in [5, 5.41) is 5.11. The molecule has 2 aromatic carbocycles. The second-order valence-corrected chi connectivity index (χ2v) is 5.78. The molecule has 0 spiro atoms. The summed E-state index contributed by atoms with van der Waals surface area (Å²) in [7, 11) is 0. The molecule has 20 heavy (non-hydrogen) atoms. The zero-order valence-electron chi connectivity index (χ0n) is 10.4. The highest BCUT2D eigenvalue weighted by atomic mass is 79.9. The molecule has 0 saturated heterocycles. The Balaban J connectivity index is 1.81. The third-order valence-electron chi connectivity index (χ3n) is 3.13. The summed E-state index contributed by atoms with van der Waals surface area (Å²) < 4.78 is 13.6. The Bertz CT molecular complexity index is 770. The molecule has 0 aliphatic rings. The molecule has 0 atom stereocenters. The molecule has 0 aliphatic carbocycles. The number of benzene rings is 2. The molecule has 102 valence electrons. The van der Waals surface area contributed by atoms with E-state index in [1.807, 2.05) is 24.4 Å². The highest BCUT2D eigenvalue weighted by Gasteiger charge is 2.05. The van der Waals surface area contributed by atoms with Crippen LogP contribution in [0.1, 0.15) is 5.56 Å². The smallest absolute Gasteiger partial charge is 0.137 e. The highest BCUT2D eigenvalue weighted by Crippen LogP contribution is 2.24. The highest BCUT2D eigenvalue weighted by molar-refractivity contribution is 9.10. The summed E-state index contributed by atoms with van der Waals surface area (Å²) in [6.07, 6.45) is 1.95. The van der Waals surface area contributed by atoms with Gasteiger partial charge in [-0.1, -0.05) is 17.7 Å². The first kappa shape index (κ1) is 13.5. The first-order valence-electron chi connectivity index (χ1n) is 6.08. The molecule has 5 heteroatoms. The van der Waals surface area contributed by atoms with Gasteiger partial charge in [0, 0.05) is 34.4 Å². The van der Waals surface area contributed by atoms with Crippen LogP contribution in [0.25, 0.3) is 10.9 Å². The van der Waals surface area contributed by atoms with E-state index in [1.54, 1.807) is 12.1 Å². The number of rotatable bonds is 3. The van der Waals surface area contributed by atoms with Crippen molar-refractivity contribution in [2.24, 2.45) is 0 Å². The normalized spacial score (nSPS) is 10.9. The monoisotopic (exact) mass is 352 g/mol. The lowest BCUT2D eigenvalue weighted by Gasteiger charge is -2.06. The van der Waals surface area contributed by atoms with Gasteiger partial charge >= 0.3 is 0 Å². The van der Waals surface area contributed by atoms with Crippen LogP contribution in [0.5, 0.6) is 0 Å². The predicted octanol–water partition coefficient (Wildman–Crippen LogP) is 5.34. The van der Waals surface area contributed by atoms with E-state index in [1.165, 1.54) is 6.07 Å². The molecule has 0 unspecified atom stereocenters. The van der Waals surface area contributed by atoms with Gasteiger partial charge < -0.3 is 10.3 Å². The van der Waals surface area contributed by atoms with Gasteiger partial charge in [0.15, 0.2) is 0 Å². The number of aromatic nitrogens is 1. The minimum atomic E-state index is -0.266. The minimum Gasteiger partial charge on any atom is -0.381 e. The number of fused-ring (bicyclic) bond motifs is 1. The van der Waals surface area contributed by atoms with E-state index in [0.29, 0.717) is 16.0 Å². The maximum absolute atomic E-state index is 13.2. The third kappa shape index (κ3) is 2.67. The fraction of sp³-hybridized carbons (Fsp3) is 0.0667. The minimum absolute atomic E-state index is 0.266. The Labute approximate surface area is 129 Å². The van der Waals surface area contributed by atoms with Gasteiger partial charge in [-0.3, -0.25) is 0 Å². The molecule has 3 rings (SSSR count). The molecule has 0 radical (unpaired) electrons. The number of anilines is 1. The zero-order valence-corrected chi connectivity index (χ0v) is 12.7. The van der Waals surface area contributed by atoms with Gasteiger partial charge in [-0.05, 0) is 51.8 Å². The Morgan fingerprint density at radius 2 is 2.05 bits per heavy atom. The standard InChI is InChI=1S/C15H11BrClFN2/c16-13-6-11(2-4-14(13)18)19-7-9-8-20-15-5-10(17)1-3-12(9)15/h1-6,8,19-20H,7H2. The molecular formula is C15H11BrClFN2. The average Bonchev–Trinajstić information content (AvgIpc) is 2.82. The summed E-state index contributed by atoms with van der Waals surface area (Å²) in [4.78, 5) is 3.19. The third-order valence-corrected chi connectivity index (χ3v) is 3.97. The van der Waals surface area contributed by atoms with E-state index < -0.39 is 0 Å². The SMILES string of the molecule is Fc1ccc(NCc2c[nH]c3cc(Cl)ccc23)cc1Br. The van der Waals surface area contributed by atoms with Crippen LogP contribution in [0.15, 0.2) is 47.1 Å². The molecule has 1 heterocycles. The van der Waals surface area contributed by atoms with Crippen molar-refractivity contribution in [1.82, 2.24) is 4.98 Å². The largest absolute Gasteiger partial charge is 0.381 e. The summed E-state index contributed by atoms with van der Waals surface area (Å²) in [6, 6.07) is 10.6. The summed E-state index contributed by atoms with van der Waals surface area (Å²) in [6.45, 7) is 0.652. The quantitative estimate of drug-likeness (QED) is 0.654. The number of hydrogen-bond acceptors (Lipinski definition) is 1. The van der Waals surface area contributed by atoms with Crippen molar-refractivity contribution in [1.29, 1.82) is 0 Å². The van der Waals surface area contributed by atoms with Crippen LogP contribution in [-0.2, 0) is 6.54 Å². The lowest BCUT2D eigenvalue weighted by atomic mass is 10.1. The summed E-state index contributed by atoms with van der Waals surface area (Å²) >= 11 is 9.13. The number of aromatic amines is 1. The van der Waals surface area contributed by atoms with Crippen LogP contribution in [0.2, 0.25) is 5.02 Å². The molecule has 2 N–H and O–H groups in total. The molecular weight excluding hydrogens is 343 g/mol. The van der Waals surface area contributed by atoms with Crippen LogP contribution < -0.4 is 5.32 Å². The van der Waals surface area contributed by atoms with Gasteiger partial charge in [0.05, 0.1) is 4.47 Å². The van der Waals surface area contributed by atoms with Crippen molar-refractivity contribution in [3.05, 3.63) is 63.5 Å². The number of hydrogen-bond donors (Lipinski definition) is 2. The van der Waals surface area contributed by atoms with Gasteiger partial charge in [0.25, 0.3) is 0 Å². The summed E-state index contributed by atoms with van der Waals surface area (Å²) in [5.74, 6) is -0.266. The fourth-order valence-corrected chi connectivity index (χ4v) is 2.66. The van der Waals surface area contributed by atoms with E-state index >= 15 is 0 Å². The molecule has 0 fully saturated rings. The van der Waals surface area contributed by atoms with E-state index in [9.17, 15) is 4.39 Å². The van der Waals surface area contributed by atoms with Gasteiger partial charge in [0.1, 0.15) is 5.82 Å². The van der Waals surface area contributed by atoms with Crippen molar-refractivity contribution >= 4 is 44.1 Å². The second kappa shape index (κ2) is 5.46. The van der Waals surface area contributed by atoms with Gasteiger partial charge in [-0.25, -0.2) is 4.39 Å². The molecule has 1 aromatic heterocycles. The molecule has 0 saturated carbocycles. The van der Waals surface area contributed by atoms with Crippen molar-refractivity contribution in [2.45, 2.75) is 6.54 Å². The van der Waals surface area contributed by atoms with E-state index in [0.717, 1.165) is 22.2 Å². The van der Waals surface area contributed by atoms with Crippen molar-refractivity contribution in [3.63, 3.8) is 0 Å². The Hall–Kier alpha value is -1.52. The maximum Gasteiger partial charge on any atom is 0.137 e. The topological polar surface area (TPSA) is 27.8 Å². The van der Waals surface area contributed by atoms with Crippen LogP contribution in [0, 0.1) is 5.82 Å². The Morgan fingerprint density at radius 3 is 2.85 bits per heavy atom. The number of halogens is 3. The molecule has 3 aromatic rings. The predicted molar refractivity (Wildman–Crippen MR) is 84.7 cm³/mol. The van der Waals surface area contributed by atoms with E-state index in [2.05, 4.69) is 26.2 Å². The molecule has 0 amide bonds. The Morgan fingerprint density at radius 1 is 1.20 bits per heavy atom. The van der Waals surface area contributed by atoms with Crippen LogP contribution in [0.4, 0.5) is 10.1 Å². The van der Waals surface area contributed by atoms with Crippen LogP contribution in [-0.4, -0.2) is 4.98 Å². The van der Waals surface area contributed by atoms with E-state index in [4.69, 9.17) is 11.6 Å². The van der Waals surface area contributed by atoms with Crippen LogP contribution >= 0.6 is 27.5 Å². The first-order valence-corrected chi connectivity index (χ1v) is 7.25. The van der Waals surface area contributed by atoms with E-state index in [-0.39, 0.29) is 5.82 Å². The lowest BCUT2D eigenvalue weighted by Crippen LogP contribution is -1.98. The number of nitrogens with one attached hydrogen (secondary N) is 2. The van der Waals surface area contributed by atoms with Crippen molar-refractivity contribution < 1.29 is 4.39 Å². The summed E-state index contributed by atoms with van der Waals surface area (Å²) in [5.41, 5.74) is 3.01. The Kier molecular flexibility index (Phi) is 3.68. The maximum atomic E-state index is 13.2. The second-order valence-electron chi connectivity index (χ2n) is 4.49. The molecule has 0 bridgehead atoms. The van der Waals surface area contributed by atoms with Crippen molar-refractivity contribution in [2.75, 3.05) is 5.32 Å². The van der Waals surface area contributed by atoms with Gasteiger partial charge in [-0.2, -0.15) is 0 Å². The first-order chi connectivity index (χ1) is 9.63.